The summed E-state index contributed by atoms with van der Waals surface area (Å²) in [6, 6.07) is 21.8. The number of ether oxygens (including phenoxy) is 1. The summed E-state index contributed by atoms with van der Waals surface area (Å²) >= 11 is 3.52. The molecular formula is C27H28BrN3O3. The minimum Gasteiger partial charge on any atom is -0.488 e. The fraction of sp³-hybridized carbons (Fsp3) is 0.222. The van der Waals surface area contributed by atoms with E-state index < -0.39 is 6.04 Å². The average molecular weight is 522 g/mol. The lowest BCUT2D eigenvalue weighted by Crippen LogP contribution is -2.48. The van der Waals surface area contributed by atoms with Crippen molar-refractivity contribution < 1.29 is 14.3 Å². The van der Waals surface area contributed by atoms with E-state index in [9.17, 15) is 9.59 Å². The highest BCUT2D eigenvalue weighted by atomic mass is 79.9. The third-order valence-electron chi connectivity index (χ3n) is 5.13. The second-order valence-corrected chi connectivity index (χ2v) is 9.11. The van der Waals surface area contributed by atoms with Crippen molar-refractivity contribution in [2.45, 2.75) is 33.4 Å². The average Bonchev–Trinajstić information content (AvgIpc) is 2.83. The van der Waals surface area contributed by atoms with E-state index in [-0.39, 0.29) is 17.7 Å². The smallest absolute Gasteiger partial charge is 0.262 e. The third kappa shape index (κ3) is 7.28. The summed E-state index contributed by atoms with van der Waals surface area (Å²) in [5, 5.41) is 6.84. The predicted octanol–water partition coefficient (Wildman–Crippen LogP) is 5.24. The molecule has 3 aromatic rings. The van der Waals surface area contributed by atoms with E-state index in [1.165, 1.54) is 5.56 Å². The fourth-order valence-corrected chi connectivity index (χ4v) is 3.66. The van der Waals surface area contributed by atoms with Crippen LogP contribution in [0.15, 0.2) is 82.4 Å². The number of benzene rings is 3. The lowest BCUT2D eigenvalue weighted by molar-refractivity contribution is -0.123. The van der Waals surface area contributed by atoms with Gasteiger partial charge in [0.1, 0.15) is 18.4 Å². The zero-order valence-electron chi connectivity index (χ0n) is 19.4. The van der Waals surface area contributed by atoms with Crippen LogP contribution in [0.3, 0.4) is 0 Å². The van der Waals surface area contributed by atoms with Gasteiger partial charge in [-0.15, -0.1) is 0 Å². The Bertz CT molecular complexity index is 1150. The largest absolute Gasteiger partial charge is 0.488 e. The van der Waals surface area contributed by atoms with Crippen molar-refractivity contribution in [2.75, 3.05) is 0 Å². The molecule has 7 heteroatoms. The number of nitrogens with zero attached hydrogens (tertiary/aromatic N) is 1. The van der Waals surface area contributed by atoms with Gasteiger partial charge in [-0.3, -0.25) is 9.59 Å². The van der Waals surface area contributed by atoms with Crippen LogP contribution in [0.1, 0.15) is 40.9 Å². The molecule has 0 aromatic heterocycles. The van der Waals surface area contributed by atoms with Gasteiger partial charge in [0.15, 0.2) is 0 Å². The number of nitrogens with one attached hydrogen (secondary N) is 2. The van der Waals surface area contributed by atoms with Crippen molar-refractivity contribution in [3.63, 3.8) is 0 Å². The van der Waals surface area contributed by atoms with Crippen LogP contribution in [-0.2, 0) is 11.4 Å². The number of carbonyl (C=O) groups excluding carboxylic acids is 2. The summed E-state index contributed by atoms with van der Waals surface area (Å²) in [5.41, 5.74) is 6.10. The molecule has 1 atom stereocenters. The highest BCUT2D eigenvalue weighted by molar-refractivity contribution is 9.10. The Labute approximate surface area is 208 Å². The van der Waals surface area contributed by atoms with Gasteiger partial charge in [-0.25, -0.2) is 5.43 Å². The molecule has 0 bridgehead atoms. The number of hydrogen-bond donors (Lipinski definition) is 2. The number of halogens is 1. The fourth-order valence-electron chi connectivity index (χ4n) is 3.15. The number of aryl methyl sites for hydroxylation is 1. The van der Waals surface area contributed by atoms with Crippen LogP contribution in [0.25, 0.3) is 0 Å². The molecule has 1 unspecified atom stereocenters. The maximum absolute atomic E-state index is 12.6. The predicted molar refractivity (Wildman–Crippen MR) is 138 cm³/mol. The molecule has 176 valence electrons. The molecule has 6 nitrogen and oxygen atoms in total. The molecule has 0 saturated carbocycles. The topological polar surface area (TPSA) is 79.8 Å². The lowest BCUT2D eigenvalue weighted by atomic mass is 10.0. The zero-order chi connectivity index (χ0) is 24.5. The van der Waals surface area contributed by atoms with E-state index in [0.29, 0.717) is 17.9 Å². The number of hydrazone groups is 1. The Hall–Kier alpha value is -3.45. The van der Waals surface area contributed by atoms with Crippen LogP contribution in [0, 0.1) is 12.8 Å². The van der Waals surface area contributed by atoms with Crippen molar-refractivity contribution in [1.82, 2.24) is 10.7 Å². The number of rotatable bonds is 9. The van der Waals surface area contributed by atoms with Crippen LogP contribution in [0.4, 0.5) is 0 Å². The van der Waals surface area contributed by atoms with E-state index in [1.54, 1.807) is 30.5 Å². The molecule has 0 heterocycles. The Balaban J connectivity index is 1.56. The molecule has 0 aliphatic heterocycles. The molecule has 0 radical (unpaired) electrons. The van der Waals surface area contributed by atoms with Crippen LogP contribution in [0.2, 0.25) is 0 Å². The first-order valence-corrected chi connectivity index (χ1v) is 11.8. The molecule has 0 fully saturated rings. The van der Waals surface area contributed by atoms with Crippen molar-refractivity contribution >= 4 is 34.0 Å². The molecular weight excluding hydrogens is 494 g/mol. The van der Waals surface area contributed by atoms with Gasteiger partial charge in [0.25, 0.3) is 11.8 Å². The van der Waals surface area contributed by atoms with E-state index in [0.717, 1.165) is 15.6 Å². The van der Waals surface area contributed by atoms with Gasteiger partial charge < -0.3 is 10.1 Å². The van der Waals surface area contributed by atoms with Gasteiger partial charge in [0, 0.05) is 5.56 Å². The maximum Gasteiger partial charge on any atom is 0.262 e. The first-order chi connectivity index (χ1) is 16.3. The minimum atomic E-state index is -0.714. The highest BCUT2D eigenvalue weighted by Gasteiger charge is 2.24. The summed E-state index contributed by atoms with van der Waals surface area (Å²) < 4.78 is 6.67. The molecule has 3 rings (SSSR count). The van der Waals surface area contributed by atoms with E-state index >= 15 is 0 Å². The second kappa shape index (κ2) is 12.1. The van der Waals surface area contributed by atoms with Crippen LogP contribution >= 0.6 is 15.9 Å². The van der Waals surface area contributed by atoms with E-state index in [4.69, 9.17) is 4.74 Å². The molecule has 0 spiro atoms. The first-order valence-electron chi connectivity index (χ1n) is 11.0. The quantitative estimate of drug-likeness (QED) is 0.298. The number of carbonyl (C=O) groups is 2. The molecule has 0 aliphatic rings. The van der Waals surface area contributed by atoms with Gasteiger partial charge in [-0.05, 0) is 70.2 Å². The van der Waals surface area contributed by atoms with Crippen molar-refractivity contribution in [3.05, 3.63) is 99.5 Å². The van der Waals surface area contributed by atoms with Gasteiger partial charge >= 0.3 is 0 Å². The zero-order valence-corrected chi connectivity index (χ0v) is 21.0. The van der Waals surface area contributed by atoms with Gasteiger partial charge in [-0.2, -0.15) is 5.10 Å². The van der Waals surface area contributed by atoms with E-state index in [1.807, 2.05) is 57.2 Å². The summed E-state index contributed by atoms with van der Waals surface area (Å²) in [4.78, 5) is 25.1. The number of amides is 2. The summed E-state index contributed by atoms with van der Waals surface area (Å²) in [7, 11) is 0. The molecule has 3 aromatic carbocycles. The molecule has 0 aliphatic carbocycles. The van der Waals surface area contributed by atoms with Crippen LogP contribution in [0.5, 0.6) is 5.75 Å². The lowest BCUT2D eigenvalue weighted by Gasteiger charge is -2.20. The molecule has 34 heavy (non-hydrogen) atoms. The molecule has 2 N–H and O–H groups in total. The third-order valence-corrected chi connectivity index (χ3v) is 5.75. The monoisotopic (exact) mass is 521 g/mol. The highest BCUT2D eigenvalue weighted by Crippen LogP contribution is 2.26. The normalized spacial score (nSPS) is 11.9. The maximum atomic E-state index is 12.6. The van der Waals surface area contributed by atoms with Crippen molar-refractivity contribution in [3.8, 4) is 5.75 Å². The van der Waals surface area contributed by atoms with Crippen LogP contribution < -0.4 is 15.5 Å². The first kappa shape index (κ1) is 25.2. The van der Waals surface area contributed by atoms with Gasteiger partial charge in [0.2, 0.25) is 0 Å². The second-order valence-electron chi connectivity index (χ2n) is 8.26. The standard InChI is InChI=1S/C27H28BrN3O3/c1-18(2)25(30-26(32)22-7-5-4-6-8-22)27(33)31-29-16-21-13-14-24(23(28)15-21)34-17-20-11-9-19(3)10-12-20/h4-16,18,25H,17H2,1-3H3,(H,30,32)(H,31,33)/b29-16+. The SMILES string of the molecule is Cc1ccc(COc2ccc(/C=N/NC(=O)C(NC(=O)c3ccccc3)C(C)C)cc2Br)cc1. The number of hydrogen-bond acceptors (Lipinski definition) is 4. The summed E-state index contributed by atoms with van der Waals surface area (Å²) in [6.07, 6.45) is 1.54. The molecule has 2 amide bonds. The van der Waals surface area contributed by atoms with E-state index in [2.05, 4.69) is 43.9 Å². The van der Waals surface area contributed by atoms with Crippen molar-refractivity contribution in [2.24, 2.45) is 11.0 Å². The Morgan fingerprint density at radius 3 is 2.38 bits per heavy atom. The van der Waals surface area contributed by atoms with Gasteiger partial charge in [0.05, 0.1) is 10.7 Å². The summed E-state index contributed by atoms with van der Waals surface area (Å²) in [6.45, 7) is 6.25. The Morgan fingerprint density at radius 1 is 1.03 bits per heavy atom. The van der Waals surface area contributed by atoms with Crippen molar-refractivity contribution in [1.29, 1.82) is 0 Å². The Kier molecular flexibility index (Phi) is 8.99. The summed E-state index contributed by atoms with van der Waals surface area (Å²) in [5.74, 6) is -0.0801. The molecule has 0 saturated heterocycles. The van der Waals surface area contributed by atoms with Gasteiger partial charge in [-0.1, -0.05) is 61.9 Å². The minimum absolute atomic E-state index is 0.109. The van der Waals surface area contributed by atoms with Crippen LogP contribution in [-0.4, -0.2) is 24.1 Å². The Morgan fingerprint density at radius 2 is 1.74 bits per heavy atom.